The second-order valence-corrected chi connectivity index (χ2v) is 6.13. The van der Waals surface area contributed by atoms with Crippen LogP contribution in [0.3, 0.4) is 0 Å². The van der Waals surface area contributed by atoms with Crippen molar-refractivity contribution >= 4 is 5.91 Å². The lowest BCUT2D eigenvalue weighted by atomic mass is 10.1. The number of carbonyl (C=O) groups excluding carboxylic acids is 1. The molecular formula is C16H18N4O2. The van der Waals surface area contributed by atoms with E-state index in [4.69, 9.17) is 0 Å². The molecule has 114 valence electrons. The summed E-state index contributed by atoms with van der Waals surface area (Å²) in [6.45, 7) is 0.686. The Labute approximate surface area is 128 Å². The maximum Gasteiger partial charge on any atom is 0.274 e. The lowest BCUT2D eigenvalue weighted by Crippen LogP contribution is -2.44. The van der Waals surface area contributed by atoms with E-state index in [9.17, 15) is 9.90 Å². The Morgan fingerprint density at radius 1 is 1.27 bits per heavy atom. The van der Waals surface area contributed by atoms with E-state index in [1.165, 1.54) is 6.20 Å². The molecular weight excluding hydrogens is 280 g/mol. The summed E-state index contributed by atoms with van der Waals surface area (Å²) in [5.41, 5.74) is 0.587. The lowest BCUT2D eigenvalue weighted by Gasteiger charge is -2.28. The number of hydrogen-bond acceptors (Lipinski definition) is 4. The minimum atomic E-state index is -0.669. The number of amides is 1. The molecule has 1 N–H and O–H groups in total. The quantitative estimate of drug-likeness (QED) is 0.929. The highest BCUT2D eigenvalue weighted by molar-refractivity contribution is 5.93. The molecule has 2 fully saturated rings. The van der Waals surface area contributed by atoms with E-state index < -0.39 is 5.60 Å². The minimum absolute atomic E-state index is 0.0703. The number of carbonyl (C=O) groups is 1. The molecule has 1 unspecified atom stereocenters. The molecule has 2 aromatic rings. The molecule has 6 nitrogen and oxygen atoms in total. The molecule has 0 radical (unpaired) electrons. The van der Waals surface area contributed by atoms with Gasteiger partial charge in [-0.2, -0.15) is 0 Å². The van der Waals surface area contributed by atoms with Crippen LogP contribution < -0.4 is 0 Å². The molecule has 22 heavy (non-hydrogen) atoms. The summed E-state index contributed by atoms with van der Waals surface area (Å²) in [7, 11) is 0. The van der Waals surface area contributed by atoms with Gasteiger partial charge in [-0.25, -0.2) is 4.68 Å². The highest BCUT2D eigenvalue weighted by atomic mass is 16.3. The van der Waals surface area contributed by atoms with Gasteiger partial charge < -0.3 is 10.0 Å². The van der Waals surface area contributed by atoms with Crippen molar-refractivity contribution in [2.45, 2.75) is 37.3 Å². The zero-order valence-corrected chi connectivity index (χ0v) is 12.2. The molecule has 1 aromatic heterocycles. The van der Waals surface area contributed by atoms with Crippen LogP contribution in [-0.4, -0.2) is 49.1 Å². The number of nitrogens with zero attached hydrogens (tertiary/aromatic N) is 4. The van der Waals surface area contributed by atoms with E-state index in [1.54, 1.807) is 9.58 Å². The van der Waals surface area contributed by atoms with E-state index in [2.05, 4.69) is 10.3 Å². The third kappa shape index (κ3) is 2.11. The third-order valence-corrected chi connectivity index (χ3v) is 4.67. The van der Waals surface area contributed by atoms with Crippen molar-refractivity contribution in [2.75, 3.05) is 6.54 Å². The first-order valence-corrected chi connectivity index (χ1v) is 7.68. The second kappa shape index (κ2) is 4.91. The first kappa shape index (κ1) is 13.5. The van der Waals surface area contributed by atoms with Crippen LogP contribution in [0.2, 0.25) is 0 Å². The van der Waals surface area contributed by atoms with Crippen molar-refractivity contribution in [2.24, 2.45) is 0 Å². The first-order valence-electron chi connectivity index (χ1n) is 7.68. The van der Waals surface area contributed by atoms with Crippen molar-refractivity contribution in [3.8, 4) is 5.69 Å². The Hall–Kier alpha value is -2.21. The van der Waals surface area contributed by atoms with Gasteiger partial charge in [0.25, 0.3) is 5.91 Å². The number of likely N-dealkylation sites (tertiary alicyclic amines) is 1. The summed E-state index contributed by atoms with van der Waals surface area (Å²) in [6.07, 6.45) is 4.89. The second-order valence-electron chi connectivity index (χ2n) is 6.13. The average molecular weight is 298 g/mol. The molecule has 1 saturated carbocycles. The highest BCUT2D eigenvalue weighted by Gasteiger charge is 2.53. The highest BCUT2D eigenvalue weighted by Crippen LogP contribution is 2.44. The fraction of sp³-hybridized carbons (Fsp3) is 0.438. The molecule has 1 saturated heterocycles. The summed E-state index contributed by atoms with van der Waals surface area (Å²) in [4.78, 5) is 14.7. The van der Waals surface area contributed by atoms with E-state index in [0.29, 0.717) is 12.2 Å². The standard InChI is InChI=1S/C16H18N4O2/c21-15(19-10-4-7-14(19)16(22)8-9-16)13-11-17-18-20(13)12-5-2-1-3-6-12/h1-3,5-6,11,14,22H,4,7-10H2. The number of para-hydroxylation sites is 1. The fourth-order valence-electron chi connectivity index (χ4n) is 3.32. The number of aromatic nitrogens is 3. The van der Waals surface area contributed by atoms with Gasteiger partial charge in [0.15, 0.2) is 5.69 Å². The van der Waals surface area contributed by atoms with E-state index >= 15 is 0 Å². The van der Waals surface area contributed by atoms with Gasteiger partial charge in [0.2, 0.25) is 0 Å². The van der Waals surface area contributed by atoms with Crippen LogP contribution in [0, 0.1) is 0 Å². The molecule has 6 heteroatoms. The Balaban J connectivity index is 1.65. The number of aliphatic hydroxyl groups is 1. The average Bonchev–Trinajstić information content (AvgIpc) is 3.02. The Morgan fingerprint density at radius 2 is 2.05 bits per heavy atom. The van der Waals surface area contributed by atoms with Crippen molar-refractivity contribution < 1.29 is 9.90 Å². The summed E-state index contributed by atoms with van der Waals surface area (Å²) >= 11 is 0. The molecule has 0 spiro atoms. The van der Waals surface area contributed by atoms with Crippen LogP contribution in [0.4, 0.5) is 0 Å². The van der Waals surface area contributed by atoms with Gasteiger partial charge in [-0.1, -0.05) is 23.4 Å². The van der Waals surface area contributed by atoms with Crippen LogP contribution in [0.5, 0.6) is 0 Å². The topological polar surface area (TPSA) is 71.2 Å². The van der Waals surface area contributed by atoms with Gasteiger partial charge in [-0.15, -0.1) is 5.10 Å². The fourth-order valence-corrected chi connectivity index (χ4v) is 3.32. The lowest BCUT2D eigenvalue weighted by molar-refractivity contribution is 0.0380. The first-order chi connectivity index (χ1) is 10.7. The summed E-state index contributed by atoms with van der Waals surface area (Å²) in [5, 5.41) is 18.3. The molecule has 2 heterocycles. The zero-order valence-electron chi connectivity index (χ0n) is 12.2. The SMILES string of the molecule is O=C(c1cnnn1-c1ccccc1)N1CCCC1C1(O)CC1. The number of benzene rings is 1. The van der Waals surface area contributed by atoms with Gasteiger partial charge >= 0.3 is 0 Å². The van der Waals surface area contributed by atoms with Crippen molar-refractivity contribution in [1.82, 2.24) is 19.9 Å². The predicted molar refractivity (Wildman–Crippen MR) is 79.6 cm³/mol. The Morgan fingerprint density at radius 3 is 2.77 bits per heavy atom. The Kier molecular flexibility index (Phi) is 3.00. The largest absolute Gasteiger partial charge is 0.388 e. The van der Waals surface area contributed by atoms with E-state index in [0.717, 1.165) is 31.4 Å². The van der Waals surface area contributed by atoms with E-state index in [1.807, 2.05) is 30.3 Å². The molecule has 1 aromatic carbocycles. The maximum absolute atomic E-state index is 12.9. The van der Waals surface area contributed by atoms with Gasteiger partial charge in [-0.05, 0) is 37.8 Å². The number of hydrogen-bond donors (Lipinski definition) is 1. The summed E-state index contributed by atoms with van der Waals surface area (Å²) in [6, 6.07) is 9.43. The van der Waals surface area contributed by atoms with Crippen molar-refractivity contribution in [3.63, 3.8) is 0 Å². The van der Waals surface area contributed by atoms with Gasteiger partial charge in [0.05, 0.1) is 23.5 Å². The molecule has 0 bridgehead atoms. The zero-order chi connectivity index (χ0) is 15.2. The monoisotopic (exact) mass is 298 g/mol. The molecule has 1 aliphatic heterocycles. The van der Waals surface area contributed by atoms with Gasteiger partial charge in [0, 0.05) is 6.54 Å². The van der Waals surface area contributed by atoms with Crippen molar-refractivity contribution in [3.05, 3.63) is 42.2 Å². The van der Waals surface area contributed by atoms with Gasteiger partial charge in [0.1, 0.15) is 0 Å². The molecule has 1 atom stereocenters. The molecule has 1 aliphatic carbocycles. The molecule has 4 rings (SSSR count). The predicted octanol–water partition coefficient (Wildman–Crippen LogP) is 1.40. The van der Waals surface area contributed by atoms with Crippen LogP contribution in [0.25, 0.3) is 5.69 Å². The Bertz CT molecular complexity index is 693. The smallest absolute Gasteiger partial charge is 0.274 e. The molecule has 1 amide bonds. The maximum atomic E-state index is 12.9. The minimum Gasteiger partial charge on any atom is -0.388 e. The van der Waals surface area contributed by atoms with Crippen LogP contribution in [0.1, 0.15) is 36.2 Å². The summed E-state index contributed by atoms with van der Waals surface area (Å²) < 4.78 is 1.56. The number of rotatable bonds is 3. The summed E-state index contributed by atoms with van der Waals surface area (Å²) in [5.74, 6) is -0.100. The normalized spacial score (nSPS) is 22.8. The third-order valence-electron chi connectivity index (χ3n) is 4.67. The van der Waals surface area contributed by atoms with Gasteiger partial charge in [-0.3, -0.25) is 4.79 Å². The van der Waals surface area contributed by atoms with E-state index in [-0.39, 0.29) is 11.9 Å². The van der Waals surface area contributed by atoms with Crippen LogP contribution in [0.15, 0.2) is 36.5 Å². The van der Waals surface area contributed by atoms with Crippen molar-refractivity contribution in [1.29, 1.82) is 0 Å². The molecule has 2 aliphatic rings. The van der Waals surface area contributed by atoms with Crippen LogP contribution in [-0.2, 0) is 0 Å². The van der Waals surface area contributed by atoms with Crippen LogP contribution >= 0.6 is 0 Å².